The van der Waals surface area contributed by atoms with Gasteiger partial charge in [-0.25, -0.2) is 0 Å². The van der Waals surface area contributed by atoms with E-state index in [1.165, 1.54) is 0 Å². The zero-order valence-electron chi connectivity index (χ0n) is 4.29. The maximum atomic E-state index is 11.8. The van der Waals surface area contributed by atoms with Crippen molar-refractivity contribution in [3.05, 3.63) is 0 Å². The molecule has 0 aliphatic carbocycles. The average Bonchev–Trinajstić information content (AvgIpc) is 1.84. The first-order valence-corrected chi connectivity index (χ1v) is 2.34. The van der Waals surface area contributed by atoms with Crippen LogP contribution >= 0.6 is 12.4 Å². The lowest BCUT2D eigenvalue weighted by Gasteiger charge is -2.04. The van der Waals surface area contributed by atoms with Crippen molar-refractivity contribution in [2.24, 2.45) is 0 Å². The molecule has 0 unspecified atom stereocenters. The molecule has 1 aliphatic rings. The molecule has 0 radical (unpaired) electrons. The van der Waals surface area contributed by atoms with E-state index in [2.05, 4.69) is 5.32 Å². The summed E-state index contributed by atoms with van der Waals surface area (Å²) in [5.41, 5.74) is 0. The summed E-state index contributed by atoms with van der Waals surface area (Å²) in [5.74, 6) is 0. The molecular weight excluding hydrogens is 136 g/mol. The Morgan fingerprint density at radius 1 is 1.38 bits per heavy atom. The Labute approximate surface area is 52.9 Å². The highest BCUT2D eigenvalue weighted by molar-refractivity contribution is 5.85. The van der Waals surface area contributed by atoms with Crippen LogP contribution < -0.4 is 5.32 Å². The zero-order chi connectivity index (χ0) is 5.33. The normalized spacial score (nSPS) is 24.8. The largest absolute Gasteiger partial charge is 0.302 e. The summed E-state index contributed by atoms with van der Waals surface area (Å²) < 4.78 is 23.7. The molecular formula is C4H8ClF2N. The van der Waals surface area contributed by atoms with Crippen LogP contribution in [0.3, 0.4) is 0 Å². The first kappa shape index (κ1) is 8.11. The fourth-order valence-electron chi connectivity index (χ4n) is 0.670. The molecule has 1 nitrogen and oxygen atoms in total. The second-order valence-electron chi connectivity index (χ2n) is 1.73. The fourth-order valence-corrected chi connectivity index (χ4v) is 0.670. The van der Waals surface area contributed by atoms with Crippen LogP contribution in [0.2, 0.25) is 0 Å². The summed E-state index contributed by atoms with van der Waals surface area (Å²) in [6.45, 7) is 0.465. The molecule has 0 spiro atoms. The van der Waals surface area contributed by atoms with Gasteiger partial charge < -0.3 is 0 Å². The molecule has 0 saturated carbocycles. The van der Waals surface area contributed by atoms with Gasteiger partial charge in [-0.2, -0.15) is 8.78 Å². The SMILES string of the molecule is Cl.FC1(F)CCCN1. The molecule has 1 saturated heterocycles. The van der Waals surface area contributed by atoms with E-state index in [0.717, 1.165) is 0 Å². The Kier molecular flexibility index (Phi) is 2.63. The van der Waals surface area contributed by atoms with Gasteiger partial charge in [0.15, 0.2) is 0 Å². The molecule has 0 aromatic heterocycles. The third kappa shape index (κ3) is 1.92. The Hall–Kier alpha value is 0.110. The summed E-state index contributed by atoms with van der Waals surface area (Å²) in [4.78, 5) is 0. The number of rotatable bonds is 0. The van der Waals surface area contributed by atoms with Gasteiger partial charge in [-0.3, -0.25) is 5.32 Å². The van der Waals surface area contributed by atoms with Crippen LogP contribution in [0.25, 0.3) is 0 Å². The topological polar surface area (TPSA) is 12.0 Å². The van der Waals surface area contributed by atoms with E-state index >= 15 is 0 Å². The van der Waals surface area contributed by atoms with E-state index in [9.17, 15) is 8.78 Å². The number of nitrogens with one attached hydrogen (secondary N) is 1. The van der Waals surface area contributed by atoms with Crippen molar-refractivity contribution < 1.29 is 8.78 Å². The zero-order valence-corrected chi connectivity index (χ0v) is 5.10. The molecule has 0 aromatic rings. The summed E-state index contributed by atoms with van der Waals surface area (Å²) in [5, 5.41) is 2.06. The van der Waals surface area contributed by atoms with Crippen molar-refractivity contribution in [3.63, 3.8) is 0 Å². The fraction of sp³-hybridized carbons (Fsp3) is 1.00. The van der Waals surface area contributed by atoms with Crippen molar-refractivity contribution in [2.45, 2.75) is 18.9 Å². The van der Waals surface area contributed by atoms with Gasteiger partial charge in [-0.15, -0.1) is 12.4 Å². The molecule has 0 bridgehead atoms. The van der Waals surface area contributed by atoms with Crippen molar-refractivity contribution in [1.29, 1.82) is 0 Å². The van der Waals surface area contributed by atoms with Crippen LogP contribution in [0.1, 0.15) is 12.8 Å². The minimum Gasteiger partial charge on any atom is -0.258 e. The summed E-state index contributed by atoms with van der Waals surface area (Å²) in [6, 6.07) is -2.56. The quantitative estimate of drug-likeness (QED) is 0.506. The predicted octanol–water partition coefficient (Wildman–Crippen LogP) is 1.38. The van der Waals surface area contributed by atoms with Crippen molar-refractivity contribution >= 4 is 12.4 Å². The molecule has 0 aromatic carbocycles. The minimum atomic E-state index is -2.56. The van der Waals surface area contributed by atoms with Gasteiger partial charge in [0.1, 0.15) is 0 Å². The van der Waals surface area contributed by atoms with Gasteiger partial charge in [0, 0.05) is 13.0 Å². The first-order chi connectivity index (χ1) is 3.21. The molecule has 1 rings (SSSR count). The lowest BCUT2D eigenvalue weighted by Crippen LogP contribution is -2.28. The van der Waals surface area contributed by atoms with E-state index in [0.29, 0.717) is 13.0 Å². The molecule has 4 heteroatoms. The molecule has 1 N–H and O–H groups in total. The molecule has 1 heterocycles. The van der Waals surface area contributed by atoms with Gasteiger partial charge in [0.25, 0.3) is 0 Å². The summed E-state index contributed by atoms with van der Waals surface area (Å²) in [7, 11) is 0. The van der Waals surface area contributed by atoms with Gasteiger partial charge in [-0.1, -0.05) is 0 Å². The van der Waals surface area contributed by atoms with Crippen LogP contribution in [0.15, 0.2) is 0 Å². The minimum absolute atomic E-state index is 0. The average molecular weight is 144 g/mol. The number of alkyl halides is 2. The highest BCUT2D eigenvalue weighted by Crippen LogP contribution is 2.20. The lowest BCUT2D eigenvalue weighted by atomic mass is 10.4. The number of hydrogen-bond acceptors (Lipinski definition) is 1. The van der Waals surface area contributed by atoms with Crippen LogP contribution in [0.5, 0.6) is 0 Å². The Bertz CT molecular complexity index is 68.4. The second kappa shape index (κ2) is 2.60. The summed E-state index contributed by atoms with van der Waals surface area (Å²) in [6.07, 6.45) is 0.611. The lowest BCUT2D eigenvalue weighted by molar-refractivity contribution is -0.0144. The highest BCUT2D eigenvalue weighted by Gasteiger charge is 2.31. The van der Waals surface area contributed by atoms with Crippen LogP contribution in [-0.4, -0.2) is 12.6 Å². The predicted molar refractivity (Wildman–Crippen MR) is 29.4 cm³/mol. The number of halogens is 3. The smallest absolute Gasteiger partial charge is 0.258 e. The molecule has 1 fully saturated rings. The van der Waals surface area contributed by atoms with Gasteiger partial charge in [0.05, 0.1) is 0 Å². The highest BCUT2D eigenvalue weighted by atomic mass is 35.5. The Balaban J connectivity index is 0.000000490. The van der Waals surface area contributed by atoms with Crippen molar-refractivity contribution in [3.8, 4) is 0 Å². The number of hydrogen-bond donors (Lipinski definition) is 1. The van der Waals surface area contributed by atoms with Gasteiger partial charge in [-0.05, 0) is 6.42 Å². The Morgan fingerprint density at radius 3 is 2.12 bits per heavy atom. The van der Waals surface area contributed by atoms with Crippen LogP contribution in [0, 0.1) is 0 Å². The maximum Gasteiger partial charge on any atom is 0.302 e. The maximum absolute atomic E-state index is 11.8. The third-order valence-electron chi connectivity index (χ3n) is 1.05. The van der Waals surface area contributed by atoms with E-state index in [1.54, 1.807) is 0 Å². The molecule has 50 valence electrons. The first-order valence-electron chi connectivity index (χ1n) is 2.34. The molecule has 1 aliphatic heterocycles. The van der Waals surface area contributed by atoms with E-state index in [1.807, 2.05) is 0 Å². The molecule has 0 amide bonds. The summed E-state index contributed by atoms with van der Waals surface area (Å²) >= 11 is 0. The van der Waals surface area contributed by atoms with Crippen LogP contribution in [-0.2, 0) is 0 Å². The third-order valence-corrected chi connectivity index (χ3v) is 1.05. The van der Waals surface area contributed by atoms with E-state index in [4.69, 9.17) is 0 Å². The molecule has 0 atom stereocenters. The second-order valence-corrected chi connectivity index (χ2v) is 1.73. The van der Waals surface area contributed by atoms with Crippen molar-refractivity contribution in [2.75, 3.05) is 6.54 Å². The van der Waals surface area contributed by atoms with E-state index in [-0.39, 0.29) is 18.8 Å². The monoisotopic (exact) mass is 143 g/mol. The Morgan fingerprint density at radius 2 is 2.00 bits per heavy atom. The van der Waals surface area contributed by atoms with Gasteiger partial charge >= 0.3 is 6.05 Å². The van der Waals surface area contributed by atoms with Gasteiger partial charge in [0.2, 0.25) is 0 Å². The van der Waals surface area contributed by atoms with E-state index < -0.39 is 6.05 Å². The standard InChI is InChI=1S/C4H7F2N.ClH/c5-4(6)2-1-3-7-4;/h7H,1-3H2;1H. The molecule has 8 heavy (non-hydrogen) atoms. The van der Waals surface area contributed by atoms with Crippen molar-refractivity contribution in [1.82, 2.24) is 5.32 Å². The van der Waals surface area contributed by atoms with Crippen LogP contribution in [0.4, 0.5) is 8.78 Å².